The van der Waals surface area contributed by atoms with Gasteiger partial charge < -0.3 is 15.9 Å². The molecule has 15 heavy (non-hydrogen) atoms. The van der Waals surface area contributed by atoms with Gasteiger partial charge in [0.15, 0.2) is 0 Å². The van der Waals surface area contributed by atoms with Crippen LogP contribution in [0.1, 0.15) is 0 Å². The van der Waals surface area contributed by atoms with Crippen LogP contribution in [0.5, 0.6) is 0 Å². The third-order valence-electron chi connectivity index (χ3n) is 0.973. The zero-order valence-electron chi connectivity index (χ0n) is 7.57. The summed E-state index contributed by atoms with van der Waals surface area (Å²) in [6.07, 6.45) is 4.13. The Morgan fingerprint density at radius 3 is 2.00 bits per heavy atom. The molecule has 0 fully saturated rings. The fourth-order valence-corrected chi connectivity index (χ4v) is 0.443. The largest absolute Gasteiger partial charge is 0.478 e. The molecule has 0 amide bonds. The van der Waals surface area contributed by atoms with Gasteiger partial charge in [-0.25, -0.2) is 19.6 Å². The molecule has 0 atom stereocenters. The molecule has 0 bridgehead atoms. The quantitative estimate of drug-likeness (QED) is 0.576. The molecular weight excluding hydrogens is 202 g/mol. The molecular formula is C8H9N3O4. The van der Waals surface area contributed by atoms with Crippen LogP contribution in [0.3, 0.4) is 0 Å². The summed E-state index contributed by atoms with van der Waals surface area (Å²) in [5, 5.41) is 15.6. The molecule has 7 heteroatoms. The summed E-state index contributed by atoms with van der Waals surface area (Å²) in [6, 6.07) is 1.64. The predicted molar refractivity (Wildman–Crippen MR) is 50.9 cm³/mol. The molecule has 7 nitrogen and oxygen atoms in total. The molecule has 1 aromatic heterocycles. The smallest absolute Gasteiger partial charge is 0.328 e. The molecule has 0 aliphatic carbocycles. The van der Waals surface area contributed by atoms with Crippen LogP contribution in [-0.2, 0) is 9.59 Å². The first kappa shape index (κ1) is 12.6. The van der Waals surface area contributed by atoms with Gasteiger partial charge in [0, 0.05) is 18.3 Å². The van der Waals surface area contributed by atoms with Crippen LogP contribution in [-0.4, -0.2) is 32.1 Å². The lowest BCUT2D eigenvalue weighted by Crippen LogP contribution is -1.91. The molecule has 80 valence electrons. The summed E-state index contributed by atoms with van der Waals surface area (Å²) in [4.78, 5) is 26.4. The van der Waals surface area contributed by atoms with E-state index in [1.807, 2.05) is 0 Å². The van der Waals surface area contributed by atoms with Crippen molar-refractivity contribution in [1.82, 2.24) is 9.97 Å². The third-order valence-corrected chi connectivity index (χ3v) is 0.973. The number of rotatable bonds is 2. The van der Waals surface area contributed by atoms with Crippen molar-refractivity contribution in [2.75, 3.05) is 5.73 Å². The molecule has 0 saturated carbocycles. The van der Waals surface area contributed by atoms with E-state index in [2.05, 4.69) is 9.97 Å². The van der Waals surface area contributed by atoms with Gasteiger partial charge in [-0.1, -0.05) is 0 Å². The molecule has 1 aromatic rings. The van der Waals surface area contributed by atoms with E-state index in [1.165, 1.54) is 6.33 Å². The van der Waals surface area contributed by atoms with E-state index < -0.39 is 11.9 Å². The average molecular weight is 211 g/mol. The van der Waals surface area contributed by atoms with Gasteiger partial charge >= 0.3 is 11.9 Å². The van der Waals surface area contributed by atoms with Gasteiger partial charge in [-0.15, -0.1) is 0 Å². The molecule has 0 aliphatic heterocycles. The molecule has 4 N–H and O–H groups in total. The second-order valence-corrected chi connectivity index (χ2v) is 2.14. The number of carboxylic acid groups (broad SMARTS) is 2. The van der Waals surface area contributed by atoms with Crippen molar-refractivity contribution in [3.05, 3.63) is 30.7 Å². The van der Waals surface area contributed by atoms with Crippen LogP contribution in [0.2, 0.25) is 0 Å². The van der Waals surface area contributed by atoms with Crippen LogP contribution in [0.25, 0.3) is 0 Å². The number of nitrogen functional groups attached to an aromatic ring is 1. The Bertz CT molecular complexity index is 334. The minimum atomic E-state index is -1.26. The zero-order chi connectivity index (χ0) is 11.7. The topological polar surface area (TPSA) is 126 Å². The fourth-order valence-electron chi connectivity index (χ4n) is 0.443. The van der Waals surface area contributed by atoms with Crippen molar-refractivity contribution in [2.24, 2.45) is 0 Å². The van der Waals surface area contributed by atoms with Crippen molar-refractivity contribution in [2.45, 2.75) is 0 Å². The first-order chi connectivity index (χ1) is 7.02. The Hall–Kier alpha value is -2.44. The molecule has 1 rings (SSSR count). The average Bonchev–Trinajstić information content (AvgIpc) is 2.17. The summed E-state index contributed by atoms with van der Waals surface area (Å²) in [5.74, 6) is -2.00. The highest BCUT2D eigenvalue weighted by Crippen LogP contribution is 1.85. The van der Waals surface area contributed by atoms with Gasteiger partial charge in [-0.05, 0) is 6.07 Å². The first-order valence-corrected chi connectivity index (χ1v) is 3.68. The normalized spacial score (nSPS) is 9.07. The number of aromatic nitrogens is 2. The van der Waals surface area contributed by atoms with E-state index in [4.69, 9.17) is 15.9 Å². The summed E-state index contributed by atoms with van der Waals surface area (Å²) in [5.41, 5.74) is 5.21. The number of carboxylic acids is 2. The van der Waals surface area contributed by atoms with Crippen molar-refractivity contribution in [3.8, 4) is 0 Å². The Morgan fingerprint density at radius 2 is 1.80 bits per heavy atom. The number of anilines is 1. The zero-order valence-corrected chi connectivity index (χ0v) is 7.57. The van der Waals surface area contributed by atoms with E-state index >= 15 is 0 Å². The summed E-state index contributed by atoms with van der Waals surface area (Å²) >= 11 is 0. The van der Waals surface area contributed by atoms with Crippen LogP contribution in [0.15, 0.2) is 30.7 Å². The van der Waals surface area contributed by atoms with E-state index in [9.17, 15) is 9.59 Å². The van der Waals surface area contributed by atoms with Gasteiger partial charge in [0.1, 0.15) is 12.1 Å². The standard InChI is InChI=1S/C4H5N3.C4H4O4/c5-4-1-2-6-3-7-4;5-3(6)1-2-4(7)8/h1-3H,(H2,5,6,7);1-2H,(H,5,6)(H,7,8)/b;2-1-. The molecule has 0 aliphatic rings. The van der Waals surface area contributed by atoms with Crippen LogP contribution in [0, 0.1) is 0 Å². The Kier molecular flexibility index (Phi) is 5.87. The molecule has 0 aromatic carbocycles. The Balaban J connectivity index is 0.000000262. The van der Waals surface area contributed by atoms with Crippen LogP contribution >= 0.6 is 0 Å². The molecule has 0 radical (unpaired) electrons. The lowest BCUT2D eigenvalue weighted by atomic mass is 10.5. The van der Waals surface area contributed by atoms with E-state index in [0.717, 1.165) is 0 Å². The number of hydrogen-bond acceptors (Lipinski definition) is 5. The maximum absolute atomic E-state index is 9.55. The highest BCUT2D eigenvalue weighted by atomic mass is 16.4. The second kappa shape index (κ2) is 7.01. The molecule has 0 saturated heterocycles. The van der Waals surface area contributed by atoms with Crippen molar-refractivity contribution in [3.63, 3.8) is 0 Å². The molecule has 1 heterocycles. The van der Waals surface area contributed by atoms with Crippen molar-refractivity contribution in [1.29, 1.82) is 0 Å². The van der Waals surface area contributed by atoms with Gasteiger partial charge in [-0.3, -0.25) is 0 Å². The second-order valence-electron chi connectivity index (χ2n) is 2.14. The lowest BCUT2D eigenvalue weighted by Gasteiger charge is -1.82. The monoisotopic (exact) mass is 211 g/mol. The molecule has 0 spiro atoms. The minimum Gasteiger partial charge on any atom is -0.478 e. The van der Waals surface area contributed by atoms with Gasteiger partial charge in [0.25, 0.3) is 0 Å². The van der Waals surface area contributed by atoms with Crippen LogP contribution < -0.4 is 5.73 Å². The number of nitrogens with two attached hydrogens (primary N) is 1. The van der Waals surface area contributed by atoms with Gasteiger partial charge in [0.2, 0.25) is 0 Å². The first-order valence-electron chi connectivity index (χ1n) is 3.68. The predicted octanol–water partition coefficient (Wildman–Crippen LogP) is -0.229. The minimum absolute atomic E-state index is 0.509. The fraction of sp³-hybridized carbons (Fsp3) is 0. The van der Waals surface area contributed by atoms with Gasteiger partial charge in [-0.2, -0.15) is 0 Å². The summed E-state index contributed by atoms with van der Waals surface area (Å²) in [6.45, 7) is 0. The maximum Gasteiger partial charge on any atom is 0.328 e. The number of hydrogen-bond donors (Lipinski definition) is 3. The van der Waals surface area contributed by atoms with E-state index in [0.29, 0.717) is 18.0 Å². The Labute approximate surface area is 84.9 Å². The number of aliphatic carboxylic acids is 2. The maximum atomic E-state index is 9.55. The van der Waals surface area contributed by atoms with E-state index in [-0.39, 0.29) is 0 Å². The van der Waals surface area contributed by atoms with Gasteiger partial charge in [0.05, 0.1) is 0 Å². The van der Waals surface area contributed by atoms with Crippen LogP contribution in [0.4, 0.5) is 5.82 Å². The number of nitrogens with zero attached hydrogens (tertiary/aromatic N) is 2. The Morgan fingerprint density at radius 1 is 1.27 bits per heavy atom. The lowest BCUT2D eigenvalue weighted by molar-refractivity contribution is -0.134. The third kappa shape index (κ3) is 9.47. The summed E-state index contributed by atoms with van der Waals surface area (Å²) in [7, 11) is 0. The summed E-state index contributed by atoms with van der Waals surface area (Å²) < 4.78 is 0. The van der Waals surface area contributed by atoms with E-state index in [1.54, 1.807) is 12.3 Å². The van der Waals surface area contributed by atoms with Crippen molar-refractivity contribution >= 4 is 17.8 Å². The highest BCUT2D eigenvalue weighted by molar-refractivity contribution is 5.89. The van der Waals surface area contributed by atoms with Crippen molar-refractivity contribution < 1.29 is 19.8 Å². The highest BCUT2D eigenvalue weighted by Gasteiger charge is 1.88. The SMILES string of the molecule is Nc1ccncn1.O=C(O)/C=C\C(=O)O. The molecule has 0 unspecified atom stereocenters. The number of carbonyl (C=O) groups is 2.